The highest BCUT2D eigenvalue weighted by Gasteiger charge is 2.32. The number of ether oxygens (including phenoxy) is 1. The summed E-state index contributed by atoms with van der Waals surface area (Å²) in [5, 5.41) is 8.74. The first-order valence-electron chi connectivity index (χ1n) is 7.21. The van der Waals surface area contributed by atoms with Crippen LogP contribution in [0.3, 0.4) is 0 Å². The summed E-state index contributed by atoms with van der Waals surface area (Å²) in [5.74, 6) is -0.286. The van der Waals surface area contributed by atoms with E-state index in [1.165, 1.54) is 16.7 Å². The van der Waals surface area contributed by atoms with Crippen molar-refractivity contribution in [1.29, 1.82) is 0 Å². The molecule has 0 aromatic heterocycles. The molecule has 0 radical (unpaired) electrons. The summed E-state index contributed by atoms with van der Waals surface area (Å²) < 4.78 is 6.07. The molecule has 0 spiro atoms. The minimum Gasteiger partial charge on any atom is -0.490 e. The second-order valence-corrected chi connectivity index (χ2v) is 7.15. The first kappa shape index (κ1) is 16.0. The average molecular weight is 349 g/mol. The molecule has 2 aliphatic heterocycles. The number of carbonyl (C=O) groups excluding carboxylic acids is 1. The molecule has 0 aliphatic carbocycles. The third kappa shape index (κ3) is 3.40. The first-order valence-corrected chi connectivity index (χ1v) is 8.43. The molecule has 1 aromatic rings. The zero-order valence-corrected chi connectivity index (χ0v) is 14.1. The monoisotopic (exact) mass is 349 g/mol. The van der Waals surface area contributed by atoms with Crippen molar-refractivity contribution >= 4 is 46.3 Å². The number of thioether (sulfide) groups is 1. The SMILES string of the molecule is C[C@H]1Cc2cc(/C=C3/SC(=S)N(CCC(=O)O)C3=O)ccc2O1. The Morgan fingerprint density at radius 2 is 2.35 bits per heavy atom. The van der Waals surface area contributed by atoms with Crippen LogP contribution in [-0.2, 0) is 16.0 Å². The molecule has 2 aliphatic rings. The molecule has 0 unspecified atom stereocenters. The molecule has 23 heavy (non-hydrogen) atoms. The summed E-state index contributed by atoms with van der Waals surface area (Å²) in [6.07, 6.45) is 2.71. The maximum absolute atomic E-state index is 12.4. The van der Waals surface area contributed by atoms with Gasteiger partial charge in [0.15, 0.2) is 0 Å². The van der Waals surface area contributed by atoms with Crippen molar-refractivity contribution in [1.82, 2.24) is 4.90 Å². The van der Waals surface area contributed by atoms with Gasteiger partial charge in [0.05, 0.1) is 11.3 Å². The molecule has 1 aromatic carbocycles. The summed E-state index contributed by atoms with van der Waals surface area (Å²) in [4.78, 5) is 24.9. The average Bonchev–Trinajstić information content (AvgIpc) is 2.96. The maximum atomic E-state index is 12.4. The molecule has 120 valence electrons. The molecule has 1 fully saturated rings. The van der Waals surface area contributed by atoms with Gasteiger partial charge in [-0.2, -0.15) is 0 Å². The Kier molecular flexibility index (Phi) is 4.41. The Hall–Kier alpha value is -1.86. The van der Waals surface area contributed by atoms with E-state index in [0.29, 0.717) is 9.23 Å². The molecule has 1 N–H and O–H groups in total. The molecule has 1 amide bonds. The standard InChI is InChI=1S/C16H15NO4S2/c1-9-6-11-7-10(2-3-12(11)21-9)8-13-15(20)17(16(22)23-13)5-4-14(18)19/h2-3,7-9H,4-6H2,1H3,(H,18,19)/b13-8+/t9-/m0/s1. The fourth-order valence-electron chi connectivity index (χ4n) is 2.58. The van der Waals surface area contributed by atoms with Gasteiger partial charge < -0.3 is 9.84 Å². The molecule has 1 atom stereocenters. The van der Waals surface area contributed by atoms with E-state index in [4.69, 9.17) is 22.1 Å². The fraction of sp³-hybridized carbons (Fsp3) is 0.312. The van der Waals surface area contributed by atoms with Gasteiger partial charge in [0.25, 0.3) is 5.91 Å². The van der Waals surface area contributed by atoms with E-state index in [0.717, 1.165) is 23.3 Å². The molecule has 2 heterocycles. The molecule has 0 bridgehead atoms. The van der Waals surface area contributed by atoms with Crippen molar-refractivity contribution in [2.75, 3.05) is 6.54 Å². The molecule has 7 heteroatoms. The van der Waals surface area contributed by atoms with Crippen molar-refractivity contribution in [3.63, 3.8) is 0 Å². The minimum atomic E-state index is -0.948. The van der Waals surface area contributed by atoms with Gasteiger partial charge >= 0.3 is 5.97 Å². The van der Waals surface area contributed by atoms with E-state index in [1.54, 1.807) is 6.08 Å². The van der Waals surface area contributed by atoms with Gasteiger partial charge in [0.1, 0.15) is 16.2 Å². The number of amides is 1. The Bertz CT molecular complexity index is 729. The number of nitrogens with zero attached hydrogens (tertiary/aromatic N) is 1. The summed E-state index contributed by atoms with van der Waals surface area (Å²) in [6, 6.07) is 5.83. The van der Waals surface area contributed by atoms with Crippen LogP contribution in [0.15, 0.2) is 23.1 Å². The van der Waals surface area contributed by atoms with Crippen molar-refractivity contribution < 1.29 is 19.4 Å². The van der Waals surface area contributed by atoms with Crippen LogP contribution in [0.4, 0.5) is 0 Å². The topological polar surface area (TPSA) is 66.8 Å². The zero-order chi connectivity index (χ0) is 16.6. The summed E-state index contributed by atoms with van der Waals surface area (Å²) >= 11 is 6.38. The van der Waals surface area contributed by atoms with E-state index < -0.39 is 5.97 Å². The normalized spacial score (nSPS) is 21.7. The second-order valence-electron chi connectivity index (χ2n) is 5.48. The van der Waals surface area contributed by atoms with Crippen molar-refractivity contribution in [3.05, 3.63) is 34.2 Å². The van der Waals surface area contributed by atoms with Crippen LogP contribution in [0.25, 0.3) is 6.08 Å². The number of thiocarbonyl (C=S) groups is 1. The largest absolute Gasteiger partial charge is 0.490 e. The minimum absolute atomic E-state index is 0.104. The number of aliphatic carboxylic acids is 1. The number of carbonyl (C=O) groups is 2. The lowest BCUT2D eigenvalue weighted by atomic mass is 10.1. The van der Waals surface area contributed by atoms with Crippen LogP contribution in [0, 0.1) is 0 Å². The Balaban J connectivity index is 1.78. The molecule has 5 nitrogen and oxygen atoms in total. The third-order valence-electron chi connectivity index (χ3n) is 3.64. The Morgan fingerprint density at radius 1 is 1.57 bits per heavy atom. The molecule has 1 saturated heterocycles. The number of carboxylic acids is 1. The lowest BCUT2D eigenvalue weighted by molar-refractivity contribution is -0.137. The van der Waals surface area contributed by atoms with Crippen LogP contribution < -0.4 is 4.74 Å². The molecular formula is C16H15NO4S2. The van der Waals surface area contributed by atoms with E-state index >= 15 is 0 Å². The summed E-state index contributed by atoms with van der Waals surface area (Å²) in [7, 11) is 0. The Morgan fingerprint density at radius 3 is 3.09 bits per heavy atom. The Labute approximate surface area is 143 Å². The number of rotatable bonds is 4. The summed E-state index contributed by atoms with van der Waals surface area (Å²) in [6.45, 7) is 2.13. The quantitative estimate of drug-likeness (QED) is 0.666. The molecule has 0 saturated carbocycles. The zero-order valence-electron chi connectivity index (χ0n) is 12.4. The van der Waals surface area contributed by atoms with Gasteiger partial charge in [-0.1, -0.05) is 30.0 Å². The highest BCUT2D eigenvalue weighted by atomic mass is 32.2. The van der Waals surface area contributed by atoms with Gasteiger partial charge in [-0.05, 0) is 36.3 Å². The number of fused-ring (bicyclic) bond motifs is 1. The van der Waals surface area contributed by atoms with Crippen LogP contribution >= 0.6 is 24.0 Å². The first-order chi connectivity index (χ1) is 10.9. The number of hydrogen-bond donors (Lipinski definition) is 1. The predicted octanol–water partition coefficient (Wildman–Crippen LogP) is 2.69. The summed E-state index contributed by atoms with van der Waals surface area (Å²) in [5.41, 5.74) is 2.05. The van der Waals surface area contributed by atoms with Crippen molar-refractivity contribution in [3.8, 4) is 5.75 Å². The van der Waals surface area contributed by atoms with Gasteiger partial charge in [-0.3, -0.25) is 14.5 Å². The lowest BCUT2D eigenvalue weighted by Gasteiger charge is -2.12. The maximum Gasteiger partial charge on any atom is 0.305 e. The lowest BCUT2D eigenvalue weighted by Crippen LogP contribution is -2.30. The highest BCUT2D eigenvalue weighted by Crippen LogP contribution is 2.34. The van der Waals surface area contributed by atoms with Gasteiger partial charge in [-0.15, -0.1) is 0 Å². The predicted molar refractivity (Wildman–Crippen MR) is 92.4 cm³/mol. The highest BCUT2D eigenvalue weighted by molar-refractivity contribution is 8.26. The third-order valence-corrected chi connectivity index (χ3v) is 5.02. The van der Waals surface area contributed by atoms with Crippen molar-refractivity contribution in [2.45, 2.75) is 25.9 Å². The smallest absolute Gasteiger partial charge is 0.305 e. The van der Waals surface area contributed by atoms with E-state index in [9.17, 15) is 9.59 Å². The van der Waals surface area contributed by atoms with E-state index in [1.807, 2.05) is 25.1 Å². The molecule has 3 rings (SSSR count). The van der Waals surface area contributed by atoms with Crippen molar-refractivity contribution in [2.24, 2.45) is 0 Å². The fourth-order valence-corrected chi connectivity index (χ4v) is 3.89. The number of hydrogen-bond acceptors (Lipinski definition) is 5. The van der Waals surface area contributed by atoms with Crippen LogP contribution in [0.1, 0.15) is 24.5 Å². The van der Waals surface area contributed by atoms with E-state index in [2.05, 4.69) is 0 Å². The van der Waals surface area contributed by atoms with E-state index in [-0.39, 0.29) is 25.0 Å². The van der Waals surface area contributed by atoms with Crippen LogP contribution in [0.5, 0.6) is 5.75 Å². The molecular weight excluding hydrogens is 334 g/mol. The number of carboxylic acid groups (broad SMARTS) is 1. The van der Waals surface area contributed by atoms with Gasteiger partial charge in [-0.25, -0.2) is 0 Å². The van der Waals surface area contributed by atoms with Crippen LogP contribution in [0.2, 0.25) is 0 Å². The van der Waals surface area contributed by atoms with Crippen LogP contribution in [-0.4, -0.2) is 38.9 Å². The van der Waals surface area contributed by atoms with Gasteiger partial charge in [0.2, 0.25) is 0 Å². The number of benzene rings is 1. The van der Waals surface area contributed by atoms with Gasteiger partial charge in [0, 0.05) is 13.0 Å². The second kappa shape index (κ2) is 6.33.